The molecule has 0 aromatic heterocycles. The van der Waals surface area contributed by atoms with Gasteiger partial charge in [-0.3, -0.25) is 5.32 Å². The first kappa shape index (κ1) is 8.56. The van der Waals surface area contributed by atoms with E-state index in [0.29, 0.717) is 0 Å². The number of nitrogens with one attached hydrogen (secondary N) is 1. The van der Waals surface area contributed by atoms with Gasteiger partial charge in [0.1, 0.15) is 6.67 Å². The lowest BCUT2D eigenvalue weighted by Crippen LogP contribution is -2.26. The Kier molecular flexibility index (Phi) is 3.39. The highest BCUT2D eigenvalue weighted by atomic mass is 16.3. The second kappa shape index (κ2) is 3.56. The molecule has 0 saturated heterocycles. The Labute approximate surface area is 55.8 Å². The molecule has 3 heteroatoms. The molecule has 0 fully saturated rings. The Balaban J connectivity index is 3.17. The molecule has 9 heavy (non-hydrogen) atoms. The third kappa shape index (κ3) is 7.56. The van der Waals surface area contributed by atoms with Crippen molar-refractivity contribution in [1.82, 2.24) is 5.32 Å². The first-order chi connectivity index (χ1) is 4.06. The van der Waals surface area contributed by atoms with Gasteiger partial charge in [-0.25, -0.2) is 0 Å². The second-order valence-electron chi connectivity index (χ2n) is 3.27. The molecule has 0 bridgehead atoms. The Morgan fingerprint density at radius 1 is 1.44 bits per heavy atom. The lowest BCUT2D eigenvalue weighted by molar-refractivity contribution is 0.383. The van der Waals surface area contributed by atoms with Crippen molar-refractivity contribution < 1.29 is 0 Å². The Hall–Kier alpha value is -0.440. The number of hydrogen-bond acceptors (Lipinski definition) is 3. The summed E-state index contributed by atoms with van der Waals surface area (Å²) >= 11 is 0. The van der Waals surface area contributed by atoms with Crippen LogP contribution in [0.5, 0.6) is 0 Å². The van der Waals surface area contributed by atoms with E-state index in [4.69, 9.17) is 0 Å². The van der Waals surface area contributed by atoms with Gasteiger partial charge in [-0.15, -0.1) is 4.91 Å². The number of rotatable bonds is 3. The minimum absolute atomic E-state index is 0.220. The Bertz CT molecular complexity index is 85.5. The predicted molar refractivity (Wildman–Crippen MR) is 38.1 cm³/mol. The second-order valence-corrected chi connectivity index (χ2v) is 3.27. The van der Waals surface area contributed by atoms with Crippen LogP contribution in [-0.2, 0) is 0 Å². The van der Waals surface area contributed by atoms with Crippen LogP contribution in [0.4, 0.5) is 0 Å². The summed E-state index contributed by atoms with van der Waals surface area (Å²) < 4.78 is 0. The van der Waals surface area contributed by atoms with Crippen LogP contribution in [0, 0.1) is 10.3 Å². The maximum Gasteiger partial charge on any atom is 0.131 e. The van der Waals surface area contributed by atoms with E-state index >= 15 is 0 Å². The van der Waals surface area contributed by atoms with Gasteiger partial charge in [-0.05, 0) is 5.41 Å². The third-order valence-electron chi connectivity index (χ3n) is 0.832. The van der Waals surface area contributed by atoms with Crippen LogP contribution in [0.3, 0.4) is 0 Å². The zero-order valence-corrected chi connectivity index (χ0v) is 6.27. The molecule has 0 radical (unpaired) electrons. The van der Waals surface area contributed by atoms with E-state index in [0.717, 1.165) is 6.54 Å². The largest absolute Gasteiger partial charge is 0.295 e. The zero-order chi connectivity index (χ0) is 7.33. The van der Waals surface area contributed by atoms with Crippen LogP contribution in [0.15, 0.2) is 5.18 Å². The van der Waals surface area contributed by atoms with Crippen molar-refractivity contribution in [2.75, 3.05) is 13.2 Å². The van der Waals surface area contributed by atoms with Gasteiger partial charge in [0, 0.05) is 6.54 Å². The van der Waals surface area contributed by atoms with E-state index in [1.807, 2.05) is 0 Å². The van der Waals surface area contributed by atoms with Gasteiger partial charge in [-0.1, -0.05) is 25.9 Å². The van der Waals surface area contributed by atoms with Crippen molar-refractivity contribution in [3.63, 3.8) is 0 Å². The van der Waals surface area contributed by atoms with Gasteiger partial charge in [0.25, 0.3) is 0 Å². The lowest BCUT2D eigenvalue weighted by Gasteiger charge is -2.16. The molecule has 0 aliphatic heterocycles. The van der Waals surface area contributed by atoms with Crippen LogP contribution in [0.1, 0.15) is 20.8 Å². The molecule has 54 valence electrons. The molecular formula is C6H14N2O. The van der Waals surface area contributed by atoms with Crippen molar-refractivity contribution in [3.8, 4) is 0 Å². The smallest absolute Gasteiger partial charge is 0.131 e. The van der Waals surface area contributed by atoms with Crippen molar-refractivity contribution in [3.05, 3.63) is 4.91 Å². The minimum Gasteiger partial charge on any atom is -0.295 e. The average molecular weight is 130 g/mol. The third-order valence-corrected chi connectivity index (χ3v) is 0.832. The van der Waals surface area contributed by atoms with E-state index in [9.17, 15) is 4.91 Å². The molecule has 0 aromatic rings. The summed E-state index contributed by atoms with van der Waals surface area (Å²) in [5.74, 6) is 0. The molecule has 0 heterocycles. The van der Waals surface area contributed by atoms with Crippen LogP contribution < -0.4 is 5.32 Å². The fraction of sp³-hybridized carbons (Fsp3) is 1.00. The SMILES string of the molecule is CC(C)(C)CNCN=O. The molecule has 0 rings (SSSR count). The van der Waals surface area contributed by atoms with Crippen molar-refractivity contribution in [2.24, 2.45) is 10.6 Å². The normalized spacial score (nSPS) is 11.4. The van der Waals surface area contributed by atoms with Crippen molar-refractivity contribution in [2.45, 2.75) is 20.8 Å². The maximum atomic E-state index is 9.58. The van der Waals surface area contributed by atoms with Crippen LogP contribution in [0.25, 0.3) is 0 Å². The Morgan fingerprint density at radius 2 is 2.00 bits per heavy atom. The molecule has 0 amide bonds. The standard InChI is InChI=1S/C6H14N2O/c1-6(2,3)4-7-5-8-9/h7H,4-5H2,1-3H3. The molecule has 0 unspecified atom stereocenters. The summed E-state index contributed by atoms with van der Waals surface area (Å²) in [4.78, 5) is 9.58. The van der Waals surface area contributed by atoms with Gasteiger partial charge in [0.2, 0.25) is 0 Å². The topological polar surface area (TPSA) is 41.5 Å². The van der Waals surface area contributed by atoms with Gasteiger partial charge in [0.05, 0.1) is 0 Å². The maximum absolute atomic E-state index is 9.58. The number of nitrogens with zero attached hydrogens (tertiary/aromatic N) is 1. The molecule has 1 N–H and O–H groups in total. The highest BCUT2D eigenvalue weighted by Gasteiger charge is 2.07. The molecule has 0 aliphatic rings. The molecule has 0 aromatic carbocycles. The van der Waals surface area contributed by atoms with E-state index in [1.165, 1.54) is 0 Å². The zero-order valence-electron chi connectivity index (χ0n) is 6.27. The van der Waals surface area contributed by atoms with Crippen molar-refractivity contribution in [1.29, 1.82) is 0 Å². The van der Waals surface area contributed by atoms with Gasteiger partial charge < -0.3 is 0 Å². The summed E-state index contributed by atoms with van der Waals surface area (Å²) in [7, 11) is 0. The summed E-state index contributed by atoms with van der Waals surface area (Å²) in [5.41, 5.74) is 0.241. The monoisotopic (exact) mass is 130 g/mol. The average Bonchev–Trinajstić information content (AvgIpc) is 1.63. The highest BCUT2D eigenvalue weighted by molar-refractivity contribution is 4.63. The molecular weight excluding hydrogens is 116 g/mol. The number of nitroso groups, excluding NO2 is 1. The van der Waals surface area contributed by atoms with Gasteiger partial charge in [0.15, 0.2) is 0 Å². The van der Waals surface area contributed by atoms with E-state index < -0.39 is 0 Å². The summed E-state index contributed by atoms with van der Waals surface area (Å²) in [6.45, 7) is 7.36. The van der Waals surface area contributed by atoms with Crippen LogP contribution >= 0.6 is 0 Å². The first-order valence-electron chi connectivity index (χ1n) is 3.06. The van der Waals surface area contributed by atoms with Crippen LogP contribution in [0.2, 0.25) is 0 Å². The first-order valence-corrected chi connectivity index (χ1v) is 3.06. The molecule has 0 spiro atoms. The molecule has 0 saturated carbocycles. The van der Waals surface area contributed by atoms with Gasteiger partial charge >= 0.3 is 0 Å². The Morgan fingerprint density at radius 3 is 2.33 bits per heavy atom. The molecule has 0 aliphatic carbocycles. The van der Waals surface area contributed by atoms with Crippen LogP contribution in [-0.4, -0.2) is 13.2 Å². The summed E-state index contributed by atoms with van der Waals surface area (Å²) in [5, 5.41) is 5.57. The predicted octanol–water partition coefficient (Wildman–Crippen LogP) is 1.35. The fourth-order valence-corrected chi connectivity index (χ4v) is 0.477. The van der Waals surface area contributed by atoms with Gasteiger partial charge in [-0.2, -0.15) is 0 Å². The van der Waals surface area contributed by atoms with E-state index in [2.05, 4.69) is 31.3 Å². The summed E-state index contributed by atoms with van der Waals surface area (Å²) in [6.07, 6.45) is 0. The highest BCUT2D eigenvalue weighted by Crippen LogP contribution is 2.09. The molecule has 0 atom stereocenters. The fourth-order valence-electron chi connectivity index (χ4n) is 0.477. The summed E-state index contributed by atoms with van der Waals surface area (Å²) in [6, 6.07) is 0. The molecule has 3 nitrogen and oxygen atoms in total. The number of hydrogen-bond donors (Lipinski definition) is 1. The van der Waals surface area contributed by atoms with E-state index in [-0.39, 0.29) is 12.1 Å². The quantitative estimate of drug-likeness (QED) is 0.462. The lowest BCUT2D eigenvalue weighted by atomic mass is 9.97. The van der Waals surface area contributed by atoms with Crippen molar-refractivity contribution >= 4 is 0 Å². The minimum atomic E-state index is 0.220. The van der Waals surface area contributed by atoms with E-state index in [1.54, 1.807) is 0 Å².